The SMILES string of the molecule is Cl.O=C(O)C1(O)CN(Cc2ccc(-c3nc4ccc(C5(c6ccccc6)C=C5)nc4s3)c(F)c2)C1. The molecule has 0 unspecified atom stereocenters. The second kappa shape index (κ2) is 8.49. The number of hydrogen-bond donors (Lipinski definition) is 2. The number of benzene rings is 2. The number of aromatic nitrogens is 2. The molecule has 2 aliphatic rings. The van der Waals surface area contributed by atoms with Gasteiger partial charge in [0, 0.05) is 25.2 Å². The maximum atomic E-state index is 15.0. The summed E-state index contributed by atoms with van der Waals surface area (Å²) < 4.78 is 15.0. The summed E-state index contributed by atoms with van der Waals surface area (Å²) in [5.74, 6) is -1.62. The van der Waals surface area contributed by atoms with Crippen molar-refractivity contribution in [3.05, 3.63) is 95.5 Å². The van der Waals surface area contributed by atoms with Crippen LogP contribution in [0.25, 0.3) is 20.9 Å². The molecule has 2 aromatic heterocycles. The van der Waals surface area contributed by atoms with E-state index in [1.54, 1.807) is 17.0 Å². The normalized spacial score (nSPS) is 17.5. The third kappa shape index (κ3) is 4.02. The van der Waals surface area contributed by atoms with Crippen LogP contribution in [-0.4, -0.2) is 49.7 Å². The van der Waals surface area contributed by atoms with Crippen molar-refractivity contribution in [2.24, 2.45) is 0 Å². The molecule has 6 nitrogen and oxygen atoms in total. The zero-order valence-corrected chi connectivity index (χ0v) is 20.0. The molecule has 0 saturated carbocycles. The quantitative estimate of drug-likeness (QED) is 0.374. The highest BCUT2D eigenvalue weighted by molar-refractivity contribution is 7.21. The van der Waals surface area contributed by atoms with Crippen LogP contribution >= 0.6 is 23.7 Å². The van der Waals surface area contributed by atoms with Crippen LogP contribution < -0.4 is 0 Å². The monoisotopic (exact) mass is 509 g/mol. The number of rotatable bonds is 6. The molecule has 2 N–H and O–H groups in total. The molecule has 1 aliphatic heterocycles. The Kier molecular flexibility index (Phi) is 5.72. The van der Waals surface area contributed by atoms with Crippen molar-refractivity contribution in [3.8, 4) is 10.6 Å². The Balaban J connectivity index is 0.00000253. The van der Waals surface area contributed by atoms with Gasteiger partial charge in [0.05, 0.1) is 11.1 Å². The summed E-state index contributed by atoms with van der Waals surface area (Å²) in [6.07, 6.45) is 4.26. The van der Waals surface area contributed by atoms with E-state index < -0.39 is 17.4 Å². The van der Waals surface area contributed by atoms with Crippen molar-refractivity contribution in [2.45, 2.75) is 17.6 Å². The number of fused-ring (bicyclic) bond motifs is 1. The third-order valence-electron chi connectivity index (χ3n) is 6.47. The molecule has 0 atom stereocenters. The van der Waals surface area contributed by atoms with Gasteiger partial charge in [-0.2, -0.15) is 0 Å². The predicted octanol–water partition coefficient (Wildman–Crippen LogP) is 4.41. The van der Waals surface area contributed by atoms with Crippen molar-refractivity contribution in [2.75, 3.05) is 13.1 Å². The number of carboxylic acid groups (broad SMARTS) is 1. The summed E-state index contributed by atoms with van der Waals surface area (Å²) in [5, 5.41) is 19.4. The van der Waals surface area contributed by atoms with E-state index >= 15 is 0 Å². The lowest BCUT2D eigenvalue weighted by molar-refractivity contribution is -0.178. The second-order valence-corrected chi connectivity index (χ2v) is 9.88. The van der Waals surface area contributed by atoms with Crippen LogP contribution in [0.2, 0.25) is 0 Å². The lowest BCUT2D eigenvalue weighted by Gasteiger charge is -2.43. The van der Waals surface area contributed by atoms with Gasteiger partial charge < -0.3 is 10.2 Å². The largest absolute Gasteiger partial charge is 0.479 e. The number of pyridine rings is 1. The van der Waals surface area contributed by atoms with E-state index in [0.29, 0.717) is 22.7 Å². The lowest BCUT2D eigenvalue weighted by atomic mass is 9.89. The molecule has 178 valence electrons. The highest BCUT2D eigenvalue weighted by atomic mass is 35.5. The van der Waals surface area contributed by atoms with Gasteiger partial charge in [-0.3, -0.25) is 4.90 Å². The first-order valence-corrected chi connectivity index (χ1v) is 11.7. The Bertz CT molecular complexity index is 1460. The van der Waals surface area contributed by atoms with Crippen molar-refractivity contribution in [1.29, 1.82) is 0 Å². The van der Waals surface area contributed by atoms with Gasteiger partial charge >= 0.3 is 5.97 Å². The molecule has 35 heavy (non-hydrogen) atoms. The highest BCUT2D eigenvalue weighted by Gasteiger charge is 2.47. The van der Waals surface area contributed by atoms with Crippen LogP contribution in [0.4, 0.5) is 4.39 Å². The minimum absolute atomic E-state index is 0. The zero-order valence-electron chi connectivity index (χ0n) is 18.4. The summed E-state index contributed by atoms with van der Waals surface area (Å²) >= 11 is 1.36. The Morgan fingerprint density at radius 2 is 1.80 bits per heavy atom. The van der Waals surface area contributed by atoms with Gasteiger partial charge in [-0.25, -0.2) is 19.2 Å². The number of nitrogens with zero attached hydrogens (tertiary/aromatic N) is 3. The number of thiazole rings is 1. The van der Waals surface area contributed by atoms with Gasteiger partial charge in [0.1, 0.15) is 21.2 Å². The summed E-state index contributed by atoms with van der Waals surface area (Å²) in [5.41, 5.74) is 1.94. The average Bonchev–Trinajstić information content (AvgIpc) is 3.51. The number of aliphatic hydroxyl groups is 1. The molecule has 0 radical (unpaired) electrons. The summed E-state index contributed by atoms with van der Waals surface area (Å²) in [7, 11) is 0. The number of likely N-dealkylation sites (tertiary alicyclic amines) is 1. The average molecular weight is 510 g/mol. The summed E-state index contributed by atoms with van der Waals surface area (Å²) in [6.45, 7) is 0.417. The summed E-state index contributed by atoms with van der Waals surface area (Å²) in [4.78, 5) is 23.0. The van der Waals surface area contributed by atoms with E-state index in [4.69, 9.17) is 10.1 Å². The van der Waals surface area contributed by atoms with E-state index in [1.807, 2.05) is 30.3 Å². The fourth-order valence-corrected chi connectivity index (χ4v) is 5.47. The van der Waals surface area contributed by atoms with E-state index in [1.165, 1.54) is 17.4 Å². The first-order valence-electron chi connectivity index (χ1n) is 10.9. The van der Waals surface area contributed by atoms with Crippen LogP contribution in [0.15, 0.2) is 72.8 Å². The number of β-amino-alcohol motifs (C(OH)–C–C–N with tert-alkyl or cyclic N) is 1. The van der Waals surface area contributed by atoms with Gasteiger partial charge in [-0.15, -0.1) is 12.4 Å². The molecule has 6 rings (SSSR count). The van der Waals surface area contributed by atoms with Gasteiger partial charge in [-0.05, 0) is 35.4 Å². The van der Waals surface area contributed by atoms with Crippen molar-refractivity contribution >= 4 is 40.1 Å². The smallest absolute Gasteiger partial charge is 0.338 e. The van der Waals surface area contributed by atoms with Crippen LogP contribution in [-0.2, 0) is 16.8 Å². The van der Waals surface area contributed by atoms with Crippen LogP contribution in [0, 0.1) is 5.82 Å². The number of carboxylic acids is 1. The molecule has 0 bridgehead atoms. The fourth-order valence-electron chi connectivity index (χ4n) is 4.50. The predicted molar refractivity (Wildman–Crippen MR) is 134 cm³/mol. The summed E-state index contributed by atoms with van der Waals surface area (Å²) in [6, 6.07) is 19.0. The van der Waals surface area contributed by atoms with Crippen LogP contribution in [0.5, 0.6) is 0 Å². The van der Waals surface area contributed by atoms with Gasteiger partial charge in [0.2, 0.25) is 0 Å². The maximum Gasteiger partial charge on any atom is 0.338 e. The molecule has 2 aromatic carbocycles. The number of carbonyl (C=O) groups is 1. The number of hydrogen-bond acceptors (Lipinski definition) is 6. The maximum absolute atomic E-state index is 15.0. The Morgan fingerprint density at radius 3 is 2.46 bits per heavy atom. The molecule has 9 heteroatoms. The Morgan fingerprint density at radius 1 is 1.06 bits per heavy atom. The van der Waals surface area contributed by atoms with Crippen LogP contribution in [0.1, 0.15) is 16.8 Å². The topological polar surface area (TPSA) is 86.5 Å². The molecule has 3 heterocycles. The van der Waals surface area contributed by atoms with E-state index in [2.05, 4.69) is 29.3 Å². The molecule has 4 aromatic rings. The minimum Gasteiger partial charge on any atom is -0.479 e. The number of aliphatic carboxylic acids is 1. The van der Waals surface area contributed by atoms with Gasteiger partial charge in [0.25, 0.3) is 0 Å². The number of halogens is 2. The Hall–Kier alpha value is -3.17. The molecule has 0 spiro atoms. The third-order valence-corrected chi connectivity index (χ3v) is 7.47. The van der Waals surface area contributed by atoms with Crippen molar-refractivity contribution in [3.63, 3.8) is 0 Å². The van der Waals surface area contributed by atoms with E-state index in [9.17, 15) is 14.3 Å². The van der Waals surface area contributed by atoms with Crippen molar-refractivity contribution < 1.29 is 19.4 Å². The van der Waals surface area contributed by atoms with E-state index in [-0.39, 0.29) is 30.9 Å². The minimum atomic E-state index is -1.71. The molecule has 1 fully saturated rings. The molecular formula is C26H21ClFN3O3S. The van der Waals surface area contributed by atoms with Crippen molar-refractivity contribution in [1.82, 2.24) is 14.9 Å². The lowest BCUT2D eigenvalue weighted by Crippen LogP contribution is -2.65. The van der Waals surface area contributed by atoms with Crippen LogP contribution in [0.3, 0.4) is 0 Å². The number of allylic oxidation sites excluding steroid dienone is 2. The highest BCUT2D eigenvalue weighted by Crippen LogP contribution is 2.45. The molecular weight excluding hydrogens is 489 g/mol. The second-order valence-electron chi connectivity index (χ2n) is 8.90. The zero-order chi connectivity index (χ0) is 23.5. The molecule has 1 aliphatic carbocycles. The molecule has 0 amide bonds. The first-order chi connectivity index (χ1) is 16.4. The van der Waals surface area contributed by atoms with E-state index in [0.717, 1.165) is 21.6 Å². The Labute approximate surface area is 210 Å². The van der Waals surface area contributed by atoms with Gasteiger partial charge in [0.15, 0.2) is 5.60 Å². The van der Waals surface area contributed by atoms with Gasteiger partial charge in [-0.1, -0.05) is 59.9 Å². The fraction of sp³-hybridized carbons (Fsp3) is 0.192. The first kappa shape index (κ1) is 23.6. The molecule has 1 saturated heterocycles. The standard InChI is InChI=1S/C26H20FN3O3S.ClH/c27-19-12-16(13-30-14-26(33,15-30)24(31)32)6-7-18(19)22-28-20-8-9-21(29-23(20)34-22)25(10-11-25)17-4-2-1-3-5-17;/h1-12,33H,13-15H2,(H,31,32);1H.